The number of nitrogens with zero attached hydrogens (tertiary/aromatic N) is 1. The number of hydrogen-bond acceptors (Lipinski definition) is 4. The molecule has 0 aliphatic carbocycles. The van der Waals surface area contributed by atoms with Gasteiger partial charge in [-0.3, -0.25) is 4.79 Å². The molecule has 154 valence electrons. The van der Waals surface area contributed by atoms with Crippen LogP contribution in [0.2, 0.25) is 5.02 Å². The number of carbonyl (C=O) groups excluding carboxylic acids is 1. The Hall–Kier alpha value is -3.31. The average Bonchev–Trinajstić information content (AvgIpc) is 2.74. The molecule has 0 radical (unpaired) electrons. The summed E-state index contributed by atoms with van der Waals surface area (Å²) in [5, 5.41) is 4.72. The zero-order valence-electron chi connectivity index (χ0n) is 16.9. The molecule has 0 saturated carbocycles. The Morgan fingerprint density at radius 2 is 1.87 bits per heavy atom. The lowest BCUT2D eigenvalue weighted by Crippen LogP contribution is -2.18. The van der Waals surface area contributed by atoms with Crippen molar-refractivity contribution in [2.45, 2.75) is 20.5 Å². The molecule has 0 fully saturated rings. The highest BCUT2D eigenvalue weighted by Crippen LogP contribution is 2.29. The number of ether oxygens (including phenoxy) is 2. The van der Waals surface area contributed by atoms with Crippen LogP contribution in [0.3, 0.4) is 0 Å². The van der Waals surface area contributed by atoms with Gasteiger partial charge in [0.25, 0.3) is 5.91 Å². The second-order valence-electron chi connectivity index (χ2n) is 6.57. The molecular weight excluding hydrogens is 400 g/mol. The molecular formula is C24H23ClN2O3. The number of hydrogen-bond donors (Lipinski definition) is 1. The van der Waals surface area contributed by atoms with E-state index in [2.05, 4.69) is 10.5 Å². The predicted molar refractivity (Wildman–Crippen MR) is 120 cm³/mol. The van der Waals surface area contributed by atoms with Gasteiger partial charge in [0.2, 0.25) is 0 Å². The summed E-state index contributed by atoms with van der Waals surface area (Å²) in [5.74, 6) is 0.975. The molecule has 0 bridgehead atoms. The van der Waals surface area contributed by atoms with E-state index in [1.807, 2.05) is 74.5 Å². The molecule has 0 heterocycles. The summed E-state index contributed by atoms with van der Waals surface area (Å²) < 4.78 is 11.6. The van der Waals surface area contributed by atoms with Gasteiger partial charge >= 0.3 is 0 Å². The molecule has 30 heavy (non-hydrogen) atoms. The van der Waals surface area contributed by atoms with Crippen LogP contribution in [0.4, 0.5) is 0 Å². The topological polar surface area (TPSA) is 59.9 Å². The Bertz CT molecular complexity index is 1050. The normalized spacial score (nSPS) is 10.8. The zero-order valence-corrected chi connectivity index (χ0v) is 17.6. The van der Waals surface area contributed by atoms with Crippen LogP contribution in [-0.2, 0) is 6.61 Å². The minimum atomic E-state index is -0.254. The molecule has 0 spiro atoms. The van der Waals surface area contributed by atoms with E-state index in [-0.39, 0.29) is 5.91 Å². The number of rotatable bonds is 8. The van der Waals surface area contributed by atoms with Crippen LogP contribution in [0.5, 0.6) is 11.5 Å². The number of nitrogens with one attached hydrogen (secondary N) is 1. The van der Waals surface area contributed by atoms with Gasteiger partial charge in [0.05, 0.1) is 12.8 Å². The van der Waals surface area contributed by atoms with Crippen LogP contribution in [0, 0.1) is 6.92 Å². The molecule has 1 amide bonds. The molecule has 5 nitrogen and oxygen atoms in total. The molecule has 3 aromatic carbocycles. The first-order valence-electron chi connectivity index (χ1n) is 9.60. The van der Waals surface area contributed by atoms with Crippen LogP contribution in [0.1, 0.15) is 34.0 Å². The third-order valence-corrected chi connectivity index (χ3v) is 4.56. The van der Waals surface area contributed by atoms with E-state index in [1.54, 1.807) is 12.3 Å². The van der Waals surface area contributed by atoms with Crippen molar-refractivity contribution in [1.29, 1.82) is 0 Å². The Labute approximate surface area is 181 Å². The first-order chi connectivity index (χ1) is 14.6. The predicted octanol–water partition coefficient (Wildman–Crippen LogP) is 5.39. The van der Waals surface area contributed by atoms with E-state index < -0.39 is 0 Å². The van der Waals surface area contributed by atoms with Crippen molar-refractivity contribution in [3.63, 3.8) is 0 Å². The first kappa shape index (κ1) is 21.4. The summed E-state index contributed by atoms with van der Waals surface area (Å²) in [5.41, 5.74) is 5.78. The molecule has 0 atom stereocenters. The maximum absolute atomic E-state index is 12.2. The van der Waals surface area contributed by atoms with Gasteiger partial charge in [-0.1, -0.05) is 41.9 Å². The zero-order chi connectivity index (χ0) is 21.3. The number of hydrazone groups is 1. The Morgan fingerprint density at radius 3 is 2.63 bits per heavy atom. The van der Waals surface area contributed by atoms with E-state index in [1.165, 1.54) is 0 Å². The van der Waals surface area contributed by atoms with Gasteiger partial charge < -0.3 is 9.47 Å². The van der Waals surface area contributed by atoms with Gasteiger partial charge in [-0.2, -0.15) is 5.10 Å². The lowest BCUT2D eigenvalue weighted by molar-refractivity contribution is 0.0954. The highest BCUT2D eigenvalue weighted by molar-refractivity contribution is 6.30. The Morgan fingerprint density at radius 1 is 1.03 bits per heavy atom. The van der Waals surface area contributed by atoms with E-state index in [0.717, 1.165) is 16.7 Å². The van der Waals surface area contributed by atoms with E-state index >= 15 is 0 Å². The van der Waals surface area contributed by atoms with Gasteiger partial charge in [0, 0.05) is 10.6 Å². The lowest BCUT2D eigenvalue weighted by atomic mass is 10.1. The quantitative estimate of drug-likeness (QED) is 0.391. The number of aryl methyl sites for hydroxylation is 1. The molecule has 6 heteroatoms. The third kappa shape index (κ3) is 5.84. The summed E-state index contributed by atoms with van der Waals surface area (Å²) in [6, 6.07) is 20.4. The SMILES string of the molecule is CCOc1cc(/C=N/NC(=O)c2ccccc2C)ccc1OCc1cccc(Cl)c1. The van der Waals surface area contributed by atoms with Crippen molar-refractivity contribution < 1.29 is 14.3 Å². The maximum Gasteiger partial charge on any atom is 0.271 e. The summed E-state index contributed by atoms with van der Waals surface area (Å²) in [6.07, 6.45) is 1.57. The number of halogens is 1. The second kappa shape index (κ2) is 10.5. The van der Waals surface area contributed by atoms with E-state index in [9.17, 15) is 4.79 Å². The minimum Gasteiger partial charge on any atom is -0.490 e. The second-order valence-corrected chi connectivity index (χ2v) is 7.01. The fraction of sp³-hybridized carbons (Fsp3) is 0.167. The molecule has 1 N–H and O–H groups in total. The fourth-order valence-electron chi connectivity index (χ4n) is 2.83. The summed E-state index contributed by atoms with van der Waals surface area (Å²) in [4.78, 5) is 12.2. The third-order valence-electron chi connectivity index (χ3n) is 4.32. The standard InChI is InChI=1S/C24H23ClN2O3/c1-3-29-23-14-18(15-26-27-24(28)21-10-5-4-7-17(21)2)11-12-22(23)30-16-19-8-6-9-20(25)13-19/h4-15H,3,16H2,1-2H3,(H,27,28)/b26-15+. The van der Waals surface area contributed by atoms with Crippen molar-refractivity contribution in [2.75, 3.05) is 6.61 Å². The highest BCUT2D eigenvalue weighted by Gasteiger charge is 2.08. The van der Waals surface area contributed by atoms with Crippen molar-refractivity contribution in [1.82, 2.24) is 5.43 Å². The van der Waals surface area contributed by atoms with Crippen molar-refractivity contribution in [2.24, 2.45) is 5.10 Å². The summed E-state index contributed by atoms with van der Waals surface area (Å²) in [7, 11) is 0. The fourth-order valence-corrected chi connectivity index (χ4v) is 3.05. The van der Waals surface area contributed by atoms with Gasteiger partial charge in [-0.05, 0) is 66.9 Å². The smallest absolute Gasteiger partial charge is 0.271 e. The van der Waals surface area contributed by atoms with Crippen LogP contribution >= 0.6 is 11.6 Å². The first-order valence-corrected chi connectivity index (χ1v) is 9.97. The van der Waals surface area contributed by atoms with Crippen molar-refractivity contribution in [3.05, 3.63) is 94.0 Å². The number of carbonyl (C=O) groups is 1. The van der Waals surface area contributed by atoms with Crippen molar-refractivity contribution in [3.8, 4) is 11.5 Å². The summed E-state index contributed by atoms with van der Waals surface area (Å²) in [6.45, 7) is 4.66. The van der Waals surface area contributed by atoms with Gasteiger partial charge in [-0.15, -0.1) is 0 Å². The largest absolute Gasteiger partial charge is 0.490 e. The van der Waals surface area contributed by atoms with Crippen molar-refractivity contribution >= 4 is 23.7 Å². The monoisotopic (exact) mass is 422 g/mol. The van der Waals surface area contributed by atoms with Crippen LogP contribution < -0.4 is 14.9 Å². The van der Waals surface area contributed by atoms with Gasteiger partial charge in [-0.25, -0.2) is 5.43 Å². The number of benzene rings is 3. The van der Waals surface area contributed by atoms with E-state index in [4.69, 9.17) is 21.1 Å². The Balaban J connectivity index is 1.67. The molecule has 0 unspecified atom stereocenters. The molecule has 3 rings (SSSR count). The van der Waals surface area contributed by atoms with E-state index in [0.29, 0.717) is 35.3 Å². The van der Waals surface area contributed by atoms with Crippen LogP contribution in [-0.4, -0.2) is 18.7 Å². The van der Waals surface area contributed by atoms with Crippen LogP contribution in [0.25, 0.3) is 0 Å². The summed E-state index contributed by atoms with van der Waals surface area (Å²) >= 11 is 6.02. The number of amides is 1. The minimum absolute atomic E-state index is 0.254. The molecule has 0 aliphatic heterocycles. The molecule has 3 aromatic rings. The van der Waals surface area contributed by atoms with Gasteiger partial charge in [0.15, 0.2) is 11.5 Å². The maximum atomic E-state index is 12.2. The highest BCUT2D eigenvalue weighted by atomic mass is 35.5. The van der Waals surface area contributed by atoms with Gasteiger partial charge in [0.1, 0.15) is 6.61 Å². The molecule has 0 saturated heterocycles. The molecule has 0 aliphatic rings. The molecule has 0 aromatic heterocycles. The Kier molecular flexibility index (Phi) is 7.46. The van der Waals surface area contributed by atoms with Crippen LogP contribution in [0.15, 0.2) is 71.8 Å². The average molecular weight is 423 g/mol. The lowest BCUT2D eigenvalue weighted by Gasteiger charge is -2.13.